The van der Waals surface area contributed by atoms with Gasteiger partial charge in [-0.05, 0) is 24.6 Å². The Morgan fingerprint density at radius 3 is 2.85 bits per heavy atom. The first-order chi connectivity index (χ1) is 6.31. The molecule has 0 spiro atoms. The van der Waals surface area contributed by atoms with Gasteiger partial charge in [0.2, 0.25) is 0 Å². The summed E-state index contributed by atoms with van der Waals surface area (Å²) in [7, 11) is 0. The van der Waals surface area contributed by atoms with Crippen molar-refractivity contribution in [2.75, 3.05) is 0 Å². The van der Waals surface area contributed by atoms with Gasteiger partial charge < -0.3 is 0 Å². The van der Waals surface area contributed by atoms with E-state index in [1.54, 1.807) is 6.07 Å². The molecule has 0 atom stereocenters. The van der Waals surface area contributed by atoms with Crippen LogP contribution in [0.2, 0.25) is 0 Å². The predicted octanol–water partition coefficient (Wildman–Crippen LogP) is 3.01. The van der Waals surface area contributed by atoms with Gasteiger partial charge in [0.25, 0.3) is 0 Å². The third kappa shape index (κ3) is 1.39. The van der Waals surface area contributed by atoms with Crippen LogP contribution in [0.3, 0.4) is 0 Å². The maximum atomic E-state index is 12.4. The fraction of sp³-hybridized carbons (Fsp3) is 0.182. The number of alkyl halides is 1. The fourth-order valence-electron chi connectivity index (χ4n) is 1.49. The number of aryl methyl sites for hydroxylation is 1. The second-order valence-corrected chi connectivity index (χ2v) is 3.08. The number of hydrogen-bond acceptors (Lipinski definition) is 1. The molecule has 0 unspecified atom stereocenters. The lowest BCUT2D eigenvalue weighted by atomic mass is 10.1. The number of aromatic nitrogens is 1. The minimum atomic E-state index is -0.494. The van der Waals surface area contributed by atoms with Crippen molar-refractivity contribution < 1.29 is 4.39 Å². The van der Waals surface area contributed by atoms with Crippen molar-refractivity contribution in [2.45, 2.75) is 13.6 Å². The highest BCUT2D eigenvalue weighted by atomic mass is 19.1. The van der Waals surface area contributed by atoms with E-state index in [9.17, 15) is 4.39 Å². The quantitative estimate of drug-likeness (QED) is 0.649. The van der Waals surface area contributed by atoms with Gasteiger partial charge in [-0.25, -0.2) is 4.39 Å². The van der Waals surface area contributed by atoms with Gasteiger partial charge in [0.05, 0.1) is 11.2 Å². The molecule has 0 aliphatic rings. The summed E-state index contributed by atoms with van der Waals surface area (Å²) in [5.74, 6) is 0. The highest BCUT2D eigenvalue weighted by Crippen LogP contribution is 2.17. The first-order valence-electron chi connectivity index (χ1n) is 4.22. The molecular formula is C11H10FN. The molecule has 0 saturated carbocycles. The summed E-state index contributed by atoms with van der Waals surface area (Å²) in [5, 5.41) is 1.10. The maximum absolute atomic E-state index is 12.4. The first kappa shape index (κ1) is 8.17. The van der Waals surface area contributed by atoms with Crippen molar-refractivity contribution in [1.82, 2.24) is 4.98 Å². The van der Waals surface area contributed by atoms with E-state index < -0.39 is 6.67 Å². The molecule has 0 fully saturated rings. The summed E-state index contributed by atoms with van der Waals surface area (Å²) in [5.41, 5.74) is 2.46. The number of para-hydroxylation sites is 1. The topological polar surface area (TPSA) is 12.9 Å². The lowest BCUT2D eigenvalue weighted by Gasteiger charge is -2.02. The van der Waals surface area contributed by atoms with Crippen LogP contribution in [0.1, 0.15) is 11.3 Å². The third-order valence-electron chi connectivity index (χ3n) is 2.11. The zero-order valence-corrected chi connectivity index (χ0v) is 7.42. The largest absolute Gasteiger partial charge is 0.250 e. The summed E-state index contributed by atoms with van der Waals surface area (Å²) in [6.07, 6.45) is 0. The molecule has 13 heavy (non-hydrogen) atoms. The molecule has 0 bridgehead atoms. The predicted molar refractivity (Wildman–Crippen MR) is 51.3 cm³/mol. The zero-order valence-electron chi connectivity index (χ0n) is 7.42. The number of pyridine rings is 1. The lowest BCUT2D eigenvalue weighted by molar-refractivity contribution is 0.477. The Hall–Kier alpha value is -1.44. The molecule has 0 saturated heterocycles. The Balaban J connectivity index is 2.77. The van der Waals surface area contributed by atoms with Crippen LogP contribution in [0.15, 0.2) is 30.3 Å². The number of nitrogens with zero attached hydrogens (tertiary/aromatic N) is 1. The van der Waals surface area contributed by atoms with Crippen molar-refractivity contribution in [3.63, 3.8) is 0 Å². The van der Waals surface area contributed by atoms with Crippen LogP contribution in [-0.4, -0.2) is 4.98 Å². The van der Waals surface area contributed by atoms with Gasteiger partial charge in [0.1, 0.15) is 6.67 Å². The van der Waals surface area contributed by atoms with Crippen molar-refractivity contribution >= 4 is 10.9 Å². The van der Waals surface area contributed by atoms with Gasteiger partial charge in [0, 0.05) is 5.39 Å². The molecule has 1 aromatic heterocycles. The molecule has 0 N–H and O–H groups in total. The molecule has 2 aromatic rings. The van der Waals surface area contributed by atoms with E-state index >= 15 is 0 Å². The minimum Gasteiger partial charge on any atom is -0.250 e. The third-order valence-corrected chi connectivity index (χ3v) is 2.11. The first-order valence-corrected chi connectivity index (χ1v) is 4.22. The average molecular weight is 175 g/mol. The maximum Gasteiger partial charge on any atom is 0.131 e. The standard InChI is InChI=1S/C11H10FN/c1-8-6-9(7-12)13-11-5-3-2-4-10(8)11/h2-6H,7H2,1H3. The van der Waals surface area contributed by atoms with Gasteiger partial charge >= 0.3 is 0 Å². The number of benzene rings is 1. The number of fused-ring (bicyclic) bond motifs is 1. The van der Waals surface area contributed by atoms with Crippen molar-refractivity contribution in [2.24, 2.45) is 0 Å². The Labute approximate surface area is 76.2 Å². The summed E-state index contributed by atoms with van der Waals surface area (Å²) >= 11 is 0. The summed E-state index contributed by atoms with van der Waals surface area (Å²) in [6.45, 7) is 1.48. The Morgan fingerprint density at radius 1 is 1.31 bits per heavy atom. The smallest absolute Gasteiger partial charge is 0.131 e. The molecule has 1 heterocycles. The van der Waals surface area contributed by atoms with Gasteiger partial charge in [0.15, 0.2) is 0 Å². The molecule has 1 aromatic carbocycles. The van der Waals surface area contributed by atoms with Crippen molar-refractivity contribution in [3.05, 3.63) is 41.6 Å². The summed E-state index contributed by atoms with van der Waals surface area (Å²) in [6, 6.07) is 9.58. The van der Waals surface area contributed by atoms with E-state index in [1.807, 2.05) is 31.2 Å². The Morgan fingerprint density at radius 2 is 2.08 bits per heavy atom. The monoisotopic (exact) mass is 175 g/mol. The van der Waals surface area contributed by atoms with Crippen LogP contribution < -0.4 is 0 Å². The highest BCUT2D eigenvalue weighted by Gasteiger charge is 2.00. The van der Waals surface area contributed by atoms with E-state index in [0.717, 1.165) is 16.5 Å². The second kappa shape index (κ2) is 3.13. The SMILES string of the molecule is Cc1cc(CF)nc2ccccc12. The molecular weight excluding hydrogens is 165 g/mol. The van der Waals surface area contributed by atoms with E-state index in [2.05, 4.69) is 4.98 Å². The van der Waals surface area contributed by atoms with Crippen LogP contribution in [0.25, 0.3) is 10.9 Å². The molecule has 0 amide bonds. The molecule has 2 rings (SSSR count). The van der Waals surface area contributed by atoms with Gasteiger partial charge in [-0.15, -0.1) is 0 Å². The summed E-state index contributed by atoms with van der Waals surface area (Å²) in [4.78, 5) is 4.18. The molecule has 0 aliphatic carbocycles. The van der Waals surface area contributed by atoms with Crippen LogP contribution in [0.5, 0.6) is 0 Å². The fourth-order valence-corrected chi connectivity index (χ4v) is 1.49. The molecule has 66 valence electrons. The van der Waals surface area contributed by atoms with Gasteiger partial charge in [-0.3, -0.25) is 4.98 Å². The van der Waals surface area contributed by atoms with Crippen LogP contribution >= 0.6 is 0 Å². The van der Waals surface area contributed by atoms with Gasteiger partial charge in [-0.1, -0.05) is 18.2 Å². The molecule has 2 heteroatoms. The van der Waals surface area contributed by atoms with E-state index in [4.69, 9.17) is 0 Å². The van der Waals surface area contributed by atoms with Crippen LogP contribution in [-0.2, 0) is 6.67 Å². The molecule has 0 radical (unpaired) electrons. The van der Waals surface area contributed by atoms with Crippen molar-refractivity contribution in [1.29, 1.82) is 0 Å². The van der Waals surface area contributed by atoms with E-state index in [-0.39, 0.29) is 0 Å². The van der Waals surface area contributed by atoms with E-state index in [1.165, 1.54) is 0 Å². The number of hydrogen-bond donors (Lipinski definition) is 0. The van der Waals surface area contributed by atoms with Crippen molar-refractivity contribution in [3.8, 4) is 0 Å². The van der Waals surface area contributed by atoms with E-state index in [0.29, 0.717) is 5.69 Å². The van der Waals surface area contributed by atoms with Crippen LogP contribution in [0.4, 0.5) is 4.39 Å². The molecule has 0 aliphatic heterocycles. The zero-order chi connectivity index (χ0) is 9.26. The van der Waals surface area contributed by atoms with Crippen LogP contribution in [0, 0.1) is 6.92 Å². The van der Waals surface area contributed by atoms with Gasteiger partial charge in [-0.2, -0.15) is 0 Å². The lowest BCUT2D eigenvalue weighted by Crippen LogP contribution is -1.89. The normalized spacial score (nSPS) is 10.6. The highest BCUT2D eigenvalue weighted by molar-refractivity contribution is 5.81. The molecule has 1 nitrogen and oxygen atoms in total. The Kier molecular flexibility index (Phi) is 1.97. The second-order valence-electron chi connectivity index (χ2n) is 3.08. The minimum absolute atomic E-state index is 0.494. The average Bonchev–Trinajstić information content (AvgIpc) is 2.18. The number of halogens is 1. The number of rotatable bonds is 1. The Bertz CT molecular complexity index is 437. The summed E-state index contributed by atoms with van der Waals surface area (Å²) < 4.78 is 12.4.